The lowest BCUT2D eigenvalue weighted by atomic mass is 9.97. The van der Waals surface area contributed by atoms with Gasteiger partial charge in [0.15, 0.2) is 5.82 Å². The number of anilines is 1. The molecule has 0 saturated carbocycles. The Morgan fingerprint density at radius 2 is 1.91 bits per heavy atom. The molecule has 9 nitrogen and oxygen atoms in total. The molecule has 0 fully saturated rings. The Hall–Kier alpha value is -4.84. The number of carbonyl (C=O) groups is 1. The maximum atomic E-state index is 16.2. The van der Waals surface area contributed by atoms with Crippen molar-refractivity contribution in [2.45, 2.75) is 32.7 Å². The first-order valence-corrected chi connectivity index (χ1v) is 16.1. The van der Waals surface area contributed by atoms with E-state index < -0.39 is 21.5 Å². The van der Waals surface area contributed by atoms with Gasteiger partial charge in [0.1, 0.15) is 32.7 Å². The third-order valence-electron chi connectivity index (χ3n) is 7.30. The Balaban J connectivity index is 1.36. The van der Waals surface area contributed by atoms with Crippen LogP contribution in [0.2, 0.25) is 0 Å². The van der Waals surface area contributed by atoms with Crippen LogP contribution in [0.5, 0.6) is 0 Å². The van der Waals surface area contributed by atoms with Crippen molar-refractivity contribution < 1.29 is 22.0 Å². The van der Waals surface area contributed by atoms with Crippen LogP contribution in [0.3, 0.4) is 0 Å². The van der Waals surface area contributed by atoms with Crippen molar-refractivity contribution in [2.24, 2.45) is 4.99 Å². The van der Waals surface area contributed by atoms with Gasteiger partial charge in [0, 0.05) is 47.3 Å². The minimum Gasteiger partial charge on any atom is -0.337 e. The Morgan fingerprint density at radius 1 is 1.07 bits per heavy atom. The van der Waals surface area contributed by atoms with Crippen molar-refractivity contribution in [2.75, 3.05) is 17.3 Å². The van der Waals surface area contributed by atoms with Crippen molar-refractivity contribution >= 4 is 38.2 Å². The summed E-state index contributed by atoms with van der Waals surface area (Å²) in [5.74, 6) is -0.931. The fraction of sp³-hybridized carbons (Fsp3) is 0.219. The molecule has 0 atom stereocenters. The van der Waals surface area contributed by atoms with E-state index in [1.807, 2.05) is 13.0 Å². The second-order valence-corrected chi connectivity index (χ2v) is 13.0. The second kappa shape index (κ2) is 11.7. The highest BCUT2D eigenvalue weighted by atomic mass is 32.2. The molecule has 1 amide bonds. The molecule has 0 unspecified atom stereocenters. The maximum Gasteiger partial charge on any atom is 0.224 e. The average Bonchev–Trinajstić information content (AvgIpc) is 3.61. The number of fused-ring (bicyclic) bond motifs is 2. The Bertz CT molecular complexity index is 2070. The van der Waals surface area contributed by atoms with E-state index in [1.165, 1.54) is 24.5 Å². The molecule has 12 heteroatoms. The lowest BCUT2D eigenvalue weighted by molar-refractivity contribution is -0.116. The first-order chi connectivity index (χ1) is 21.1. The number of nitrogens with zero attached hydrogens (tertiary/aromatic N) is 4. The quantitative estimate of drug-likeness (QED) is 0.221. The summed E-state index contributed by atoms with van der Waals surface area (Å²) in [6.07, 6.45) is 6.98. The lowest BCUT2D eigenvalue weighted by Gasteiger charge is -2.11. The molecular formula is C32H28F2N6O3S. The number of carbonyl (C=O) groups excluding carboxylic acids is 1. The monoisotopic (exact) mass is 614 g/mol. The third kappa shape index (κ3) is 5.98. The average molecular weight is 615 g/mol. The summed E-state index contributed by atoms with van der Waals surface area (Å²) in [5.41, 5.74) is 5.02. The molecule has 4 heterocycles. The van der Waals surface area contributed by atoms with Crippen molar-refractivity contribution in [3.63, 3.8) is 0 Å². The standard InChI is InChI=1S/C32H28F2N6O3S/c1-3-4-26(41)38-23-14-21(15-35-17-23)24-6-5-19-16-37-31(27(19)28(24)34)32-39-25-7-9-36-29(30(25)40-32)20-11-18(12-22(33)13-20)8-10-44(2,42)43/h5-7,9,11-15,17H,3-4,8,10,16H2,1-2H3,(H,38,41)(H,39,40). The zero-order valence-electron chi connectivity index (χ0n) is 24.0. The van der Waals surface area contributed by atoms with Crippen molar-refractivity contribution in [1.82, 2.24) is 19.9 Å². The number of hydrogen-bond donors (Lipinski definition) is 2. The van der Waals surface area contributed by atoms with Gasteiger partial charge < -0.3 is 10.3 Å². The van der Waals surface area contributed by atoms with Crippen molar-refractivity contribution in [3.05, 3.63) is 95.2 Å². The number of H-pyrrole nitrogens is 1. The van der Waals surface area contributed by atoms with E-state index in [4.69, 9.17) is 4.98 Å². The number of aromatic amines is 1. The molecule has 3 aromatic heterocycles. The Labute approximate surface area is 252 Å². The highest BCUT2D eigenvalue weighted by Crippen LogP contribution is 2.34. The van der Waals surface area contributed by atoms with Crippen LogP contribution < -0.4 is 5.32 Å². The molecule has 0 radical (unpaired) electrons. The number of aryl methyl sites for hydroxylation is 1. The lowest BCUT2D eigenvalue weighted by Crippen LogP contribution is -2.11. The molecule has 1 aliphatic heterocycles. The number of aliphatic imine (C=N–C) groups is 1. The molecule has 1 aliphatic rings. The first kappa shape index (κ1) is 29.2. The van der Waals surface area contributed by atoms with E-state index in [1.54, 1.807) is 30.5 Å². The van der Waals surface area contributed by atoms with Crippen LogP contribution in [0.15, 0.2) is 66.0 Å². The zero-order chi connectivity index (χ0) is 31.0. The molecule has 5 aromatic rings. The second-order valence-electron chi connectivity index (χ2n) is 10.8. The largest absolute Gasteiger partial charge is 0.337 e. The normalized spacial score (nSPS) is 12.8. The summed E-state index contributed by atoms with van der Waals surface area (Å²) in [6.45, 7) is 2.18. The van der Waals surface area contributed by atoms with Gasteiger partial charge in [-0.3, -0.25) is 19.8 Å². The molecule has 0 saturated heterocycles. The van der Waals surface area contributed by atoms with E-state index in [0.717, 1.165) is 6.26 Å². The van der Waals surface area contributed by atoms with Gasteiger partial charge in [-0.1, -0.05) is 19.1 Å². The summed E-state index contributed by atoms with van der Waals surface area (Å²) in [6, 6.07) is 11.2. The maximum absolute atomic E-state index is 16.2. The highest BCUT2D eigenvalue weighted by molar-refractivity contribution is 7.90. The van der Waals surface area contributed by atoms with E-state index in [0.29, 0.717) is 80.2 Å². The number of halogens is 2. The topological polar surface area (TPSA) is 130 Å². The van der Waals surface area contributed by atoms with Crippen LogP contribution >= 0.6 is 0 Å². The number of sulfone groups is 1. The molecular weight excluding hydrogens is 586 g/mol. The molecule has 224 valence electrons. The van der Waals surface area contributed by atoms with E-state index in [-0.39, 0.29) is 24.6 Å². The van der Waals surface area contributed by atoms with Gasteiger partial charge in [0.05, 0.1) is 35.4 Å². The van der Waals surface area contributed by atoms with Gasteiger partial charge in [0.25, 0.3) is 0 Å². The fourth-order valence-corrected chi connectivity index (χ4v) is 5.87. The number of benzene rings is 2. The van der Waals surface area contributed by atoms with Gasteiger partial charge in [-0.15, -0.1) is 0 Å². The number of amides is 1. The van der Waals surface area contributed by atoms with E-state index in [2.05, 4.69) is 25.3 Å². The Kier molecular flexibility index (Phi) is 7.76. The van der Waals surface area contributed by atoms with Gasteiger partial charge >= 0.3 is 0 Å². The first-order valence-electron chi connectivity index (χ1n) is 14.0. The van der Waals surface area contributed by atoms with Gasteiger partial charge in [-0.2, -0.15) is 0 Å². The number of pyridine rings is 2. The summed E-state index contributed by atoms with van der Waals surface area (Å²) >= 11 is 0. The van der Waals surface area contributed by atoms with E-state index in [9.17, 15) is 17.6 Å². The number of imidazole rings is 1. The number of rotatable bonds is 9. The number of hydrogen-bond acceptors (Lipinski definition) is 7. The van der Waals surface area contributed by atoms with Crippen LogP contribution in [0.4, 0.5) is 14.5 Å². The van der Waals surface area contributed by atoms with Gasteiger partial charge in [-0.05, 0) is 54.3 Å². The van der Waals surface area contributed by atoms with Gasteiger partial charge in [0.2, 0.25) is 5.91 Å². The van der Waals surface area contributed by atoms with Crippen LogP contribution in [-0.4, -0.2) is 52.0 Å². The molecule has 2 aromatic carbocycles. The summed E-state index contributed by atoms with van der Waals surface area (Å²) < 4.78 is 54.1. The SMILES string of the molecule is CCCC(=O)Nc1cncc(-c2ccc3c(c2F)C(c2nc4c(-c5cc(F)cc(CCS(C)(=O)=O)c5)nccc4[nH]2)=NC3)c1. The van der Waals surface area contributed by atoms with Crippen molar-refractivity contribution in [3.8, 4) is 22.4 Å². The highest BCUT2D eigenvalue weighted by Gasteiger charge is 2.27. The summed E-state index contributed by atoms with van der Waals surface area (Å²) in [7, 11) is -3.23. The number of aromatic nitrogens is 4. The van der Waals surface area contributed by atoms with Crippen LogP contribution in [0.1, 0.15) is 42.3 Å². The predicted molar refractivity (Wildman–Crippen MR) is 165 cm³/mol. The molecule has 0 spiro atoms. The smallest absolute Gasteiger partial charge is 0.224 e. The molecule has 44 heavy (non-hydrogen) atoms. The van der Waals surface area contributed by atoms with Crippen LogP contribution in [0, 0.1) is 11.6 Å². The van der Waals surface area contributed by atoms with E-state index >= 15 is 4.39 Å². The number of nitrogens with one attached hydrogen (secondary N) is 2. The summed E-state index contributed by atoms with van der Waals surface area (Å²) in [4.78, 5) is 33.3. The minimum atomic E-state index is -3.23. The zero-order valence-corrected chi connectivity index (χ0v) is 24.8. The van der Waals surface area contributed by atoms with Gasteiger partial charge in [-0.25, -0.2) is 22.2 Å². The van der Waals surface area contributed by atoms with Crippen molar-refractivity contribution in [1.29, 1.82) is 0 Å². The minimum absolute atomic E-state index is 0.110. The molecule has 0 aliphatic carbocycles. The van der Waals surface area contributed by atoms with Crippen LogP contribution in [-0.2, 0) is 27.6 Å². The molecule has 0 bridgehead atoms. The van der Waals surface area contributed by atoms with Crippen LogP contribution in [0.25, 0.3) is 33.4 Å². The molecule has 6 rings (SSSR count). The molecule has 2 N–H and O–H groups in total. The summed E-state index contributed by atoms with van der Waals surface area (Å²) in [5, 5.41) is 2.79. The third-order valence-corrected chi connectivity index (χ3v) is 8.25. The fourth-order valence-electron chi connectivity index (χ4n) is 5.26. The Morgan fingerprint density at radius 3 is 2.70 bits per heavy atom. The predicted octanol–water partition coefficient (Wildman–Crippen LogP) is 5.64.